The van der Waals surface area contributed by atoms with Crippen molar-refractivity contribution in [3.8, 4) is 11.4 Å². The van der Waals surface area contributed by atoms with E-state index in [0.717, 1.165) is 59.9 Å². The summed E-state index contributed by atoms with van der Waals surface area (Å²) in [6.07, 6.45) is 5.36. The van der Waals surface area contributed by atoms with Crippen molar-refractivity contribution in [2.45, 2.75) is 31.8 Å². The fourth-order valence-corrected chi connectivity index (χ4v) is 5.41. The van der Waals surface area contributed by atoms with Crippen LogP contribution in [0.5, 0.6) is 5.75 Å². The summed E-state index contributed by atoms with van der Waals surface area (Å²) in [7, 11) is 1.62. The quantitative estimate of drug-likeness (QED) is 0.319. The molecular weight excluding hydrogens is 507 g/mol. The second-order valence-electron chi connectivity index (χ2n) is 9.48. The Morgan fingerprint density at radius 3 is 2.66 bits per heavy atom. The van der Waals surface area contributed by atoms with Gasteiger partial charge in [0.15, 0.2) is 0 Å². The summed E-state index contributed by atoms with van der Waals surface area (Å²) < 4.78 is 26.9. The van der Waals surface area contributed by atoms with Gasteiger partial charge in [0.25, 0.3) is 0 Å². The van der Waals surface area contributed by atoms with Crippen molar-refractivity contribution in [1.29, 1.82) is 0 Å². The lowest BCUT2D eigenvalue weighted by molar-refractivity contribution is 0.0426. The Bertz CT molecular complexity index is 1450. The lowest BCUT2D eigenvalue weighted by Gasteiger charge is -2.40. The molecule has 1 aliphatic carbocycles. The minimum atomic E-state index is -0.240. The second-order valence-corrected chi connectivity index (χ2v) is 9.86. The van der Waals surface area contributed by atoms with Gasteiger partial charge in [-0.1, -0.05) is 23.7 Å². The summed E-state index contributed by atoms with van der Waals surface area (Å²) in [5, 5.41) is 3.79. The Hall–Kier alpha value is -3.69. The van der Waals surface area contributed by atoms with Crippen molar-refractivity contribution in [3.05, 3.63) is 82.8 Å². The summed E-state index contributed by atoms with van der Waals surface area (Å²) in [5.74, 6) is 1.94. The van der Waals surface area contributed by atoms with Crippen LogP contribution in [0.3, 0.4) is 0 Å². The SMILES string of the molecule is CCOC1CN(c2nc(Nc3ccc(-n4cnc(Cl)c4)c(OC)c3)nc3c2CCC3c2ccc(F)cc2)C1. The molecule has 4 aromatic rings. The number of benzene rings is 2. The maximum Gasteiger partial charge on any atom is 0.229 e. The molecule has 8 nitrogen and oxygen atoms in total. The molecule has 0 saturated carbocycles. The van der Waals surface area contributed by atoms with Crippen LogP contribution in [-0.2, 0) is 11.2 Å². The van der Waals surface area contributed by atoms with Crippen molar-refractivity contribution in [2.75, 3.05) is 37.0 Å². The van der Waals surface area contributed by atoms with Gasteiger partial charge < -0.3 is 24.3 Å². The number of nitrogens with one attached hydrogen (secondary N) is 1. The number of imidazole rings is 1. The average molecular weight is 535 g/mol. The zero-order chi connectivity index (χ0) is 26.2. The van der Waals surface area contributed by atoms with Crippen molar-refractivity contribution in [2.24, 2.45) is 0 Å². The minimum Gasteiger partial charge on any atom is -0.494 e. The van der Waals surface area contributed by atoms with Crippen LogP contribution in [-0.4, -0.2) is 52.4 Å². The normalized spacial score (nSPS) is 16.8. The van der Waals surface area contributed by atoms with Crippen molar-refractivity contribution >= 4 is 29.1 Å². The van der Waals surface area contributed by atoms with E-state index < -0.39 is 0 Å². The number of hydrogen-bond donors (Lipinski definition) is 1. The van der Waals surface area contributed by atoms with Gasteiger partial charge in [0.2, 0.25) is 5.95 Å². The van der Waals surface area contributed by atoms with Crippen LogP contribution >= 0.6 is 11.6 Å². The van der Waals surface area contributed by atoms with Crippen molar-refractivity contribution in [3.63, 3.8) is 0 Å². The molecule has 2 aromatic carbocycles. The predicted octanol–water partition coefficient (Wildman–Crippen LogP) is 5.51. The Balaban J connectivity index is 1.34. The first-order chi connectivity index (χ1) is 18.5. The van der Waals surface area contributed by atoms with Crippen LogP contribution in [0.15, 0.2) is 55.0 Å². The maximum absolute atomic E-state index is 13.6. The molecule has 196 valence electrons. The van der Waals surface area contributed by atoms with Gasteiger partial charge in [0.1, 0.15) is 28.9 Å². The number of fused-ring (bicyclic) bond motifs is 1. The molecule has 2 aromatic heterocycles. The van der Waals surface area contributed by atoms with Crippen molar-refractivity contribution in [1.82, 2.24) is 19.5 Å². The highest BCUT2D eigenvalue weighted by atomic mass is 35.5. The number of anilines is 3. The van der Waals surface area contributed by atoms with Gasteiger partial charge in [0, 0.05) is 49.1 Å². The summed E-state index contributed by atoms with van der Waals surface area (Å²) in [6.45, 7) is 4.31. The van der Waals surface area contributed by atoms with Crippen LogP contribution < -0.4 is 15.0 Å². The van der Waals surface area contributed by atoms with Crippen LogP contribution in [0, 0.1) is 5.82 Å². The third-order valence-electron chi connectivity index (χ3n) is 7.12. The smallest absolute Gasteiger partial charge is 0.229 e. The van der Waals surface area contributed by atoms with Gasteiger partial charge in [-0.2, -0.15) is 4.98 Å². The van der Waals surface area contributed by atoms with E-state index in [9.17, 15) is 4.39 Å². The fraction of sp³-hybridized carbons (Fsp3) is 0.321. The first-order valence-corrected chi connectivity index (χ1v) is 13.1. The fourth-order valence-electron chi connectivity index (χ4n) is 5.26. The van der Waals surface area contributed by atoms with Crippen LogP contribution in [0.25, 0.3) is 5.69 Å². The molecule has 0 amide bonds. The number of methoxy groups -OCH3 is 1. The van der Waals surface area contributed by atoms with Crippen LogP contribution in [0.2, 0.25) is 5.15 Å². The molecule has 38 heavy (non-hydrogen) atoms. The molecule has 0 radical (unpaired) electrons. The lowest BCUT2D eigenvalue weighted by atomic mass is 9.96. The maximum atomic E-state index is 13.6. The average Bonchev–Trinajstić information content (AvgIpc) is 3.52. The van der Waals surface area contributed by atoms with Gasteiger partial charge >= 0.3 is 0 Å². The number of nitrogens with zero attached hydrogens (tertiary/aromatic N) is 5. The monoisotopic (exact) mass is 534 g/mol. The Kier molecular flexibility index (Phi) is 6.63. The number of hydrogen-bond acceptors (Lipinski definition) is 7. The van der Waals surface area contributed by atoms with E-state index in [4.69, 9.17) is 31.0 Å². The van der Waals surface area contributed by atoms with Crippen LogP contribution in [0.4, 0.5) is 21.8 Å². The highest BCUT2D eigenvalue weighted by Gasteiger charge is 2.35. The molecule has 1 N–H and O–H groups in total. The molecule has 1 aliphatic heterocycles. The van der Waals surface area contributed by atoms with Gasteiger partial charge in [0.05, 0.1) is 24.6 Å². The van der Waals surface area contributed by atoms with Gasteiger partial charge in [-0.05, 0) is 49.6 Å². The number of aromatic nitrogens is 4. The molecule has 6 rings (SSSR count). The van der Waals surface area contributed by atoms with E-state index in [1.165, 1.54) is 12.1 Å². The molecule has 10 heteroatoms. The van der Waals surface area contributed by atoms with E-state index in [2.05, 4.69) is 15.2 Å². The Morgan fingerprint density at radius 1 is 1.13 bits per heavy atom. The molecule has 0 spiro atoms. The third-order valence-corrected chi connectivity index (χ3v) is 7.31. The predicted molar refractivity (Wildman–Crippen MR) is 145 cm³/mol. The van der Waals surface area contributed by atoms with Gasteiger partial charge in [-0.25, -0.2) is 14.4 Å². The largest absolute Gasteiger partial charge is 0.494 e. The van der Waals surface area contributed by atoms with E-state index >= 15 is 0 Å². The molecule has 1 atom stereocenters. The first kappa shape index (κ1) is 24.6. The number of halogens is 2. The molecule has 0 bridgehead atoms. The van der Waals surface area contributed by atoms with E-state index in [0.29, 0.717) is 23.5 Å². The minimum absolute atomic E-state index is 0.0831. The Morgan fingerprint density at radius 2 is 1.95 bits per heavy atom. The highest BCUT2D eigenvalue weighted by Crippen LogP contribution is 2.42. The topological polar surface area (TPSA) is 77.3 Å². The van der Waals surface area contributed by atoms with E-state index in [-0.39, 0.29) is 17.8 Å². The molecular formula is C28H28ClFN6O2. The lowest BCUT2D eigenvalue weighted by Crippen LogP contribution is -2.53. The van der Waals surface area contributed by atoms with Crippen LogP contribution in [0.1, 0.15) is 36.1 Å². The highest BCUT2D eigenvalue weighted by molar-refractivity contribution is 6.29. The zero-order valence-electron chi connectivity index (χ0n) is 21.2. The van der Waals surface area contributed by atoms with E-state index in [1.54, 1.807) is 24.2 Å². The summed E-state index contributed by atoms with van der Waals surface area (Å²) in [6, 6.07) is 12.5. The molecule has 1 unspecified atom stereocenters. The van der Waals surface area contributed by atoms with E-state index in [1.807, 2.05) is 37.3 Å². The van der Waals surface area contributed by atoms with Gasteiger partial charge in [-0.3, -0.25) is 0 Å². The van der Waals surface area contributed by atoms with Crippen molar-refractivity contribution < 1.29 is 13.9 Å². The standard InChI is InChI=1S/C28H28ClFN6O2/c1-3-38-20-13-35(14-20)27-22-10-9-21(17-4-6-18(30)7-5-17)26(22)33-28(34-27)32-19-8-11-23(24(12-19)37-2)36-15-25(29)31-16-36/h4-8,11-12,15-16,20-21H,3,9-10,13-14H2,1-2H3,(H,32,33,34). The van der Waals surface area contributed by atoms with Gasteiger partial charge in [-0.15, -0.1) is 0 Å². The summed E-state index contributed by atoms with van der Waals surface area (Å²) in [4.78, 5) is 16.3. The zero-order valence-corrected chi connectivity index (χ0v) is 22.0. The molecule has 2 aliphatic rings. The second kappa shape index (κ2) is 10.2. The number of ether oxygens (including phenoxy) is 2. The third kappa shape index (κ3) is 4.68. The Labute approximate surface area is 225 Å². The summed E-state index contributed by atoms with van der Waals surface area (Å²) >= 11 is 6.01. The molecule has 1 fully saturated rings. The number of rotatable bonds is 8. The summed E-state index contributed by atoms with van der Waals surface area (Å²) in [5.41, 5.74) is 4.80. The first-order valence-electron chi connectivity index (χ1n) is 12.7. The molecule has 3 heterocycles. The molecule has 1 saturated heterocycles.